The van der Waals surface area contributed by atoms with Gasteiger partial charge in [-0.05, 0) is 36.5 Å². The molecule has 2 aliphatic rings. The number of hydrogen-bond donors (Lipinski definition) is 2. The highest BCUT2D eigenvalue weighted by Gasteiger charge is 2.36. The zero-order valence-electron chi connectivity index (χ0n) is 13.9. The molecule has 1 aromatic carbocycles. The first-order valence-electron chi connectivity index (χ1n) is 8.34. The van der Waals surface area contributed by atoms with Crippen molar-refractivity contribution in [3.8, 4) is 0 Å². The number of carbonyl (C=O) groups excluding carboxylic acids is 1. The summed E-state index contributed by atoms with van der Waals surface area (Å²) in [5.41, 5.74) is 3.74. The van der Waals surface area contributed by atoms with Crippen LogP contribution in [0.3, 0.4) is 0 Å². The molecule has 0 saturated heterocycles. The first-order valence-corrected chi connectivity index (χ1v) is 8.34. The molecule has 0 bridgehead atoms. The van der Waals surface area contributed by atoms with Crippen molar-refractivity contribution in [1.82, 2.24) is 5.32 Å². The number of fused-ring (bicyclic) bond motifs is 2. The van der Waals surface area contributed by atoms with Gasteiger partial charge in [-0.3, -0.25) is 10.1 Å². The predicted octanol–water partition coefficient (Wildman–Crippen LogP) is 2.85. The molecule has 0 amide bonds. The lowest BCUT2D eigenvalue weighted by Gasteiger charge is -2.33. The van der Waals surface area contributed by atoms with E-state index in [2.05, 4.69) is 24.0 Å². The van der Waals surface area contributed by atoms with Crippen LogP contribution in [0.5, 0.6) is 0 Å². The maximum absolute atomic E-state index is 13.0. The van der Waals surface area contributed by atoms with Crippen molar-refractivity contribution in [2.75, 3.05) is 6.54 Å². The molecular weight excluding hydrogens is 302 g/mol. The van der Waals surface area contributed by atoms with E-state index in [1.165, 1.54) is 0 Å². The van der Waals surface area contributed by atoms with Crippen molar-refractivity contribution < 1.29 is 14.6 Å². The van der Waals surface area contributed by atoms with Crippen LogP contribution in [0.2, 0.25) is 0 Å². The molecule has 0 radical (unpaired) electrons. The SMILES string of the molecule is C=CCNC(OC1C(=O)c2ccccc2C2=C1CCC=C2)C(C)O. The Hall–Kier alpha value is -2.01. The standard InChI is InChI=1S/C20H23NO3/c1-3-12-21-20(13(2)22)24-19-17-11-7-5-9-15(17)14-8-4-6-10-16(14)18(19)23/h3-6,8-10,13,19-22H,1,7,11-12H2,2H3. The van der Waals surface area contributed by atoms with Gasteiger partial charge in [0.25, 0.3) is 0 Å². The smallest absolute Gasteiger partial charge is 0.196 e. The fourth-order valence-corrected chi connectivity index (χ4v) is 3.27. The van der Waals surface area contributed by atoms with E-state index in [1.54, 1.807) is 13.0 Å². The second-order valence-corrected chi connectivity index (χ2v) is 6.16. The molecule has 3 atom stereocenters. The molecule has 126 valence electrons. The van der Waals surface area contributed by atoms with Crippen LogP contribution in [-0.4, -0.2) is 35.9 Å². The molecule has 4 heteroatoms. The number of Topliss-reactive ketones (excluding diaryl/α,β-unsaturated/α-hetero) is 1. The number of allylic oxidation sites excluding steroid dienone is 3. The van der Waals surface area contributed by atoms with Gasteiger partial charge in [-0.15, -0.1) is 6.58 Å². The molecule has 1 aromatic rings. The summed E-state index contributed by atoms with van der Waals surface area (Å²) in [5.74, 6) is -0.0364. The third kappa shape index (κ3) is 3.13. The number of rotatable bonds is 6. The number of ether oxygens (including phenoxy) is 1. The molecule has 3 rings (SSSR count). The van der Waals surface area contributed by atoms with Crippen molar-refractivity contribution in [2.45, 2.75) is 38.2 Å². The summed E-state index contributed by atoms with van der Waals surface area (Å²) in [6.45, 7) is 5.81. The summed E-state index contributed by atoms with van der Waals surface area (Å²) in [7, 11) is 0. The van der Waals surface area contributed by atoms with E-state index in [9.17, 15) is 9.90 Å². The monoisotopic (exact) mass is 325 g/mol. The third-order valence-corrected chi connectivity index (χ3v) is 4.43. The highest BCUT2D eigenvalue weighted by atomic mass is 16.5. The Morgan fingerprint density at radius 3 is 2.88 bits per heavy atom. The normalized spacial score (nSPS) is 21.9. The minimum absolute atomic E-state index is 0.0364. The van der Waals surface area contributed by atoms with Crippen LogP contribution in [0, 0.1) is 0 Å². The highest BCUT2D eigenvalue weighted by molar-refractivity contribution is 6.10. The summed E-state index contributed by atoms with van der Waals surface area (Å²) in [4.78, 5) is 13.0. The zero-order chi connectivity index (χ0) is 17.1. The van der Waals surface area contributed by atoms with E-state index in [-0.39, 0.29) is 5.78 Å². The fraction of sp³-hybridized carbons (Fsp3) is 0.350. The molecule has 0 fully saturated rings. The van der Waals surface area contributed by atoms with Gasteiger partial charge in [0.1, 0.15) is 12.3 Å². The molecule has 0 heterocycles. The molecule has 3 unspecified atom stereocenters. The van der Waals surface area contributed by atoms with E-state index in [1.807, 2.05) is 24.3 Å². The van der Waals surface area contributed by atoms with Gasteiger partial charge in [-0.25, -0.2) is 0 Å². The van der Waals surface area contributed by atoms with Gasteiger partial charge in [-0.1, -0.05) is 42.5 Å². The fourth-order valence-electron chi connectivity index (χ4n) is 3.27. The Kier molecular flexibility index (Phi) is 5.09. The molecule has 0 spiro atoms. The molecule has 0 aliphatic heterocycles. The Labute approximate surface area is 142 Å². The summed E-state index contributed by atoms with van der Waals surface area (Å²) in [5, 5.41) is 13.1. The van der Waals surface area contributed by atoms with Gasteiger partial charge in [0.15, 0.2) is 5.78 Å². The van der Waals surface area contributed by atoms with Crippen molar-refractivity contribution in [3.05, 3.63) is 65.8 Å². The number of carbonyl (C=O) groups is 1. The van der Waals surface area contributed by atoms with Crippen molar-refractivity contribution in [2.24, 2.45) is 0 Å². The second kappa shape index (κ2) is 7.26. The van der Waals surface area contributed by atoms with Crippen LogP contribution in [0.15, 0.2) is 54.6 Å². The Balaban J connectivity index is 1.97. The van der Waals surface area contributed by atoms with Crippen molar-refractivity contribution in [3.63, 3.8) is 0 Å². The van der Waals surface area contributed by atoms with Crippen LogP contribution < -0.4 is 5.32 Å². The summed E-state index contributed by atoms with van der Waals surface area (Å²) >= 11 is 0. The summed E-state index contributed by atoms with van der Waals surface area (Å²) in [6, 6.07) is 7.64. The van der Waals surface area contributed by atoms with Crippen molar-refractivity contribution >= 4 is 11.4 Å². The summed E-state index contributed by atoms with van der Waals surface area (Å²) in [6.07, 6.45) is 5.58. The van der Waals surface area contributed by atoms with Gasteiger partial charge in [-0.2, -0.15) is 0 Å². The maximum Gasteiger partial charge on any atom is 0.196 e. The number of benzene rings is 1. The molecule has 0 aromatic heterocycles. The Bertz CT molecular complexity index is 703. The average Bonchev–Trinajstić information content (AvgIpc) is 2.61. The van der Waals surface area contributed by atoms with Gasteiger partial charge < -0.3 is 9.84 Å². The predicted molar refractivity (Wildman–Crippen MR) is 94.6 cm³/mol. The van der Waals surface area contributed by atoms with Crippen LogP contribution >= 0.6 is 0 Å². The van der Waals surface area contributed by atoms with Crippen LogP contribution in [0.25, 0.3) is 5.57 Å². The molecular formula is C20H23NO3. The number of hydrogen-bond acceptors (Lipinski definition) is 4. The van der Waals surface area contributed by atoms with Gasteiger partial charge in [0, 0.05) is 12.1 Å². The van der Waals surface area contributed by atoms with Gasteiger partial charge in [0.05, 0.1) is 6.10 Å². The lowest BCUT2D eigenvalue weighted by atomic mass is 9.79. The van der Waals surface area contributed by atoms with E-state index in [0.717, 1.165) is 29.6 Å². The largest absolute Gasteiger partial charge is 0.389 e. The average molecular weight is 325 g/mol. The number of aliphatic hydroxyl groups excluding tert-OH is 1. The summed E-state index contributed by atoms with van der Waals surface area (Å²) < 4.78 is 6.04. The van der Waals surface area contributed by atoms with E-state index in [0.29, 0.717) is 12.1 Å². The van der Waals surface area contributed by atoms with Gasteiger partial charge in [0.2, 0.25) is 0 Å². The Morgan fingerprint density at radius 2 is 2.17 bits per heavy atom. The third-order valence-electron chi connectivity index (χ3n) is 4.43. The number of aliphatic hydroxyl groups is 1. The molecule has 2 aliphatic carbocycles. The van der Waals surface area contributed by atoms with Gasteiger partial charge >= 0.3 is 0 Å². The van der Waals surface area contributed by atoms with E-state index < -0.39 is 18.4 Å². The van der Waals surface area contributed by atoms with Crippen LogP contribution in [0.1, 0.15) is 35.7 Å². The molecule has 24 heavy (non-hydrogen) atoms. The lowest BCUT2D eigenvalue weighted by Crippen LogP contribution is -2.46. The highest BCUT2D eigenvalue weighted by Crippen LogP contribution is 2.38. The van der Waals surface area contributed by atoms with Crippen LogP contribution in [-0.2, 0) is 4.74 Å². The lowest BCUT2D eigenvalue weighted by molar-refractivity contribution is -0.0641. The molecule has 2 N–H and O–H groups in total. The first-order chi connectivity index (χ1) is 11.6. The van der Waals surface area contributed by atoms with E-state index in [4.69, 9.17) is 4.74 Å². The minimum atomic E-state index is -0.738. The van der Waals surface area contributed by atoms with E-state index >= 15 is 0 Å². The second-order valence-electron chi connectivity index (χ2n) is 6.16. The van der Waals surface area contributed by atoms with Crippen molar-refractivity contribution in [1.29, 1.82) is 0 Å². The number of ketones is 1. The zero-order valence-corrected chi connectivity index (χ0v) is 13.9. The molecule has 4 nitrogen and oxygen atoms in total. The molecule has 0 saturated carbocycles. The minimum Gasteiger partial charge on any atom is -0.389 e. The maximum atomic E-state index is 13.0. The Morgan fingerprint density at radius 1 is 1.42 bits per heavy atom. The topological polar surface area (TPSA) is 58.6 Å². The van der Waals surface area contributed by atoms with Crippen LogP contribution in [0.4, 0.5) is 0 Å². The quantitative estimate of drug-likeness (QED) is 0.624. The first kappa shape index (κ1) is 16.8. The number of nitrogens with one attached hydrogen (secondary N) is 1.